The second kappa shape index (κ2) is 4.53. The molecule has 0 radical (unpaired) electrons. The van der Waals surface area contributed by atoms with Gasteiger partial charge in [0.25, 0.3) is 0 Å². The van der Waals surface area contributed by atoms with Crippen molar-refractivity contribution in [2.45, 2.75) is 17.6 Å². The third kappa shape index (κ3) is 3.54. The molecule has 0 N–H and O–H groups in total. The summed E-state index contributed by atoms with van der Waals surface area (Å²) in [7, 11) is 1.73. The molecule has 0 aliphatic rings. The minimum Gasteiger partial charge on any atom is -0.112 e. The van der Waals surface area contributed by atoms with Crippen LogP contribution in [0.25, 0.3) is 0 Å². The van der Waals surface area contributed by atoms with Gasteiger partial charge in [-0.15, -0.1) is 23.2 Å². The Morgan fingerprint density at radius 1 is 1.21 bits per heavy atom. The standard InChI is InChI=1S/C9H9BCl4/c1-5-2-6(4-9(10,13)14)8(12)3-7(5)11/h2-3H,4,10H2,1H3. The Morgan fingerprint density at radius 3 is 2.29 bits per heavy atom. The predicted octanol–water partition coefficient (Wildman–Crippen LogP) is 3.61. The highest BCUT2D eigenvalue weighted by Gasteiger charge is 2.19. The van der Waals surface area contributed by atoms with Crippen LogP contribution in [-0.4, -0.2) is 12.1 Å². The molecule has 0 unspecified atom stereocenters. The number of rotatable bonds is 2. The van der Waals surface area contributed by atoms with Crippen molar-refractivity contribution in [1.29, 1.82) is 0 Å². The molecule has 0 saturated heterocycles. The number of benzene rings is 1. The molecule has 0 nitrogen and oxygen atoms in total. The van der Waals surface area contributed by atoms with Crippen LogP contribution >= 0.6 is 46.4 Å². The van der Waals surface area contributed by atoms with Crippen molar-refractivity contribution in [3.8, 4) is 0 Å². The summed E-state index contributed by atoms with van der Waals surface area (Å²) < 4.78 is -0.802. The van der Waals surface area contributed by atoms with Gasteiger partial charge in [-0.3, -0.25) is 0 Å². The van der Waals surface area contributed by atoms with Gasteiger partial charge < -0.3 is 0 Å². The lowest BCUT2D eigenvalue weighted by molar-refractivity contribution is 1.01. The van der Waals surface area contributed by atoms with Gasteiger partial charge in [0, 0.05) is 10.0 Å². The molecule has 1 rings (SSSR count). The predicted molar refractivity (Wildman–Crippen MR) is 67.9 cm³/mol. The van der Waals surface area contributed by atoms with Gasteiger partial charge in [-0.1, -0.05) is 29.3 Å². The summed E-state index contributed by atoms with van der Waals surface area (Å²) in [6.07, 6.45) is 0.507. The van der Waals surface area contributed by atoms with Crippen molar-refractivity contribution in [1.82, 2.24) is 0 Å². The van der Waals surface area contributed by atoms with Gasteiger partial charge in [0.05, 0.1) is 4.23 Å². The van der Waals surface area contributed by atoms with Gasteiger partial charge in [-0.25, -0.2) is 0 Å². The van der Waals surface area contributed by atoms with Gasteiger partial charge in [-0.2, -0.15) is 0 Å². The molecule has 0 amide bonds. The molecule has 0 aliphatic carbocycles. The topological polar surface area (TPSA) is 0 Å². The molecule has 0 bridgehead atoms. The van der Waals surface area contributed by atoms with Crippen molar-refractivity contribution in [3.63, 3.8) is 0 Å². The average Bonchev–Trinajstić information content (AvgIpc) is 1.97. The Bertz CT molecular complexity index is 343. The molecule has 14 heavy (non-hydrogen) atoms. The highest BCUT2D eigenvalue weighted by molar-refractivity contribution is 6.65. The fourth-order valence-corrected chi connectivity index (χ4v) is 1.92. The van der Waals surface area contributed by atoms with Crippen LogP contribution in [0.3, 0.4) is 0 Å². The van der Waals surface area contributed by atoms with Crippen molar-refractivity contribution in [3.05, 3.63) is 33.3 Å². The maximum absolute atomic E-state index is 6.01. The summed E-state index contributed by atoms with van der Waals surface area (Å²) >= 11 is 23.7. The first kappa shape index (κ1) is 12.5. The van der Waals surface area contributed by atoms with Crippen molar-refractivity contribution in [2.24, 2.45) is 0 Å². The summed E-state index contributed by atoms with van der Waals surface area (Å²) in [6.45, 7) is 1.92. The van der Waals surface area contributed by atoms with Crippen LogP contribution in [-0.2, 0) is 6.42 Å². The SMILES string of the molecule is BC(Cl)(Cl)Cc1cc(C)c(Cl)cc1Cl. The van der Waals surface area contributed by atoms with E-state index in [1.165, 1.54) is 0 Å². The largest absolute Gasteiger partial charge is 0.149 e. The van der Waals surface area contributed by atoms with Crippen LogP contribution in [0.1, 0.15) is 11.1 Å². The van der Waals surface area contributed by atoms with E-state index < -0.39 is 4.23 Å². The highest BCUT2D eigenvalue weighted by atomic mass is 35.5. The van der Waals surface area contributed by atoms with E-state index in [0.717, 1.165) is 11.1 Å². The van der Waals surface area contributed by atoms with Crippen molar-refractivity contribution >= 4 is 54.3 Å². The van der Waals surface area contributed by atoms with Crippen LogP contribution < -0.4 is 0 Å². The minimum atomic E-state index is -0.802. The lowest BCUT2D eigenvalue weighted by atomic mass is 9.95. The van der Waals surface area contributed by atoms with Crippen LogP contribution in [0.15, 0.2) is 12.1 Å². The van der Waals surface area contributed by atoms with Gasteiger partial charge >= 0.3 is 0 Å². The Morgan fingerprint density at radius 2 is 1.79 bits per heavy atom. The Balaban J connectivity index is 3.04. The molecule has 0 spiro atoms. The first-order valence-corrected chi connectivity index (χ1v) is 5.63. The first-order valence-electron chi connectivity index (χ1n) is 4.12. The van der Waals surface area contributed by atoms with E-state index >= 15 is 0 Å². The summed E-state index contributed by atoms with van der Waals surface area (Å²) in [5.74, 6) is 0. The molecule has 76 valence electrons. The molecule has 1 aromatic rings. The Labute approximate surface area is 105 Å². The fraction of sp³-hybridized carbons (Fsp3) is 0.333. The van der Waals surface area contributed by atoms with Gasteiger partial charge in [0.15, 0.2) is 0 Å². The zero-order valence-electron chi connectivity index (χ0n) is 7.87. The van der Waals surface area contributed by atoms with Crippen molar-refractivity contribution in [2.75, 3.05) is 0 Å². The van der Waals surface area contributed by atoms with Crippen LogP contribution in [0.4, 0.5) is 0 Å². The zero-order chi connectivity index (χ0) is 10.9. The normalized spacial score (nSPS) is 11.8. The number of hydrogen-bond donors (Lipinski definition) is 0. The molecule has 0 saturated carbocycles. The molecule has 0 aliphatic heterocycles. The van der Waals surface area contributed by atoms with E-state index in [9.17, 15) is 0 Å². The van der Waals surface area contributed by atoms with E-state index in [1.807, 2.05) is 13.0 Å². The lowest BCUT2D eigenvalue weighted by Crippen LogP contribution is -2.16. The number of hydrogen-bond acceptors (Lipinski definition) is 0. The van der Waals surface area contributed by atoms with Gasteiger partial charge in [0.1, 0.15) is 7.85 Å². The highest BCUT2D eigenvalue weighted by Crippen LogP contribution is 2.30. The lowest BCUT2D eigenvalue weighted by Gasteiger charge is -2.15. The quantitative estimate of drug-likeness (QED) is 0.568. The fourth-order valence-electron chi connectivity index (χ4n) is 1.19. The van der Waals surface area contributed by atoms with Crippen LogP contribution in [0.5, 0.6) is 0 Å². The zero-order valence-corrected chi connectivity index (χ0v) is 10.9. The third-order valence-electron chi connectivity index (χ3n) is 1.83. The molecule has 0 fully saturated rings. The Hall–Kier alpha value is 0.445. The van der Waals surface area contributed by atoms with E-state index in [0.29, 0.717) is 16.5 Å². The Kier molecular flexibility index (Phi) is 4.05. The molecular weight excluding hydrogens is 261 g/mol. The van der Waals surface area contributed by atoms with Gasteiger partial charge in [0.2, 0.25) is 0 Å². The number of halogens is 4. The monoisotopic (exact) mass is 268 g/mol. The third-order valence-corrected chi connectivity index (χ3v) is 2.85. The molecule has 1 aromatic carbocycles. The average molecular weight is 270 g/mol. The summed E-state index contributed by atoms with van der Waals surface area (Å²) in [6, 6.07) is 3.63. The summed E-state index contributed by atoms with van der Waals surface area (Å²) in [4.78, 5) is 0. The molecular formula is C9H9BCl4. The van der Waals surface area contributed by atoms with E-state index in [4.69, 9.17) is 46.4 Å². The molecule has 5 heteroatoms. The smallest absolute Gasteiger partial charge is 0.112 e. The number of aryl methyl sites for hydroxylation is 1. The van der Waals surface area contributed by atoms with Crippen molar-refractivity contribution < 1.29 is 0 Å². The van der Waals surface area contributed by atoms with Crippen LogP contribution in [0, 0.1) is 6.92 Å². The maximum atomic E-state index is 6.01. The number of alkyl halides is 2. The van der Waals surface area contributed by atoms with Gasteiger partial charge in [-0.05, 0) is 30.5 Å². The summed E-state index contributed by atoms with van der Waals surface area (Å²) in [5.41, 5.74) is 1.89. The van der Waals surface area contributed by atoms with E-state index in [1.54, 1.807) is 13.9 Å². The second-order valence-electron chi connectivity index (χ2n) is 3.44. The first-order chi connectivity index (χ1) is 6.29. The van der Waals surface area contributed by atoms with E-state index in [-0.39, 0.29) is 0 Å². The summed E-state index contributed by atoms with van der Waals surface area (Å²) in [5, 5.41) is 1.26. The maximum Gasteiger partial charge on any atom is 0.149 e. The second-order valence-corrected chi connectivity index (χ2v) is 6.12. The molecule has 0 atom stereocenters. The minimum absolute atomic E-state index is 0.507. The van der Waals surface area contributed by atoms with E-state index in [2.05, 4.69) is 0 Å². The van der Waals surface area contributed by atoms with Crippen LogP contribution in [0.2, 0.25) is 10.0 Å². The molecule has 0 aromatic heterocycles. The molecule has 0 heterocycles.